The zero-order valence-electron chi connectivity index (χ0n) is 13.7. The van der Waals surface area contributed by atoms with Crippen LogP contribution in [0.3, 0.4) is 0 Å². The third-order valence-corrected chi connectivity index (χ3v) is 4.94. The normalized spacial score (nSPS) is 32.2. The van der Waals surface area contributed by atoms with Crippen molar-refractivity contribution in [3.63, 3.8) is 0 Å². The maximum absolute atomic E-state index is 13.2. The van der Waals surface area contributed by atoms with Crippen molar-refractivity contribution in [1.82, 2.24) is 10.2 Å². The van der Waals surface area contributed by atoms with E-state index in [4.69, 9.17) is 4.74 Å². The van der Waals surface area contributed by atoms with Gasteiger partial charge in [-0.1, -0.05) is 12.1 Å². The second-order valence-electron chi connectivity index (χ2n) is 6.34. The fourth-order valence-corrected chi connectivity index (χ4v) is 3.71. The second-order valence-corrected chi connectivity index (χ2v) is 6.34. The van der Waals surface area contributed by atoms with Crippen molar-refractivity contribution >= 4 is 17.8 Å². The van der Waals surface area contributed by atoms with Crippen LogP contribution in [0.4, 0.5) is 4.39 Å². The predicted octanol–water partition coefficient (Wildman–Crippen LogP) is 1.02. The molecular weight excluding hydrogens is 315 g/mol. The van der Waals surface area contributed by atoms with Gasteiger partial charge >= 0.3 is 5.97 Å². The van der Waals surface area contributed by atoms with Crippen LogP contribution in [-0.4, -0.2) is 41.9 Å². The molecule has 2 fully saturated rings. The van der Waals surface area contributed by atoms with Gasteiger partial charge in [-0.2, -0.15) is 0 Å². The fourth-order valence-electron chi connectivity index (χ4n) is 3.71. The topological polar surface area (TPSA) is 75.7 Å². The molecule has 3 rings (SSSR count). The lowest BCUT2D eigenvalue weighted by Crippen LogP contribution is -2.53. The molecule has 1 N–H and O–H groups in total. The van der Waals surface area contributed by atoms with Gasteiger partial charge in [-0.15, -0.1) is 0 Å². The molecule has 2 amide bonds. The Morgan fingerprint density at radius 3 is 2.50 bits per heavy atom. The molecule has 0 saturated carbocycles. The van der Waals surface area contributed by atoms with Crippen LogP contribution in [0.15, 0.2) is 24.3 Å². The van der Waals surface area contributed by atoms with Gasteiger partial charge in [0.25, 0.3) is 0 Å². The van der Waals surface area contributed by atoms with Crippen LogP contribution >= 0.6 is 0 Å². The van der Waals surface area contributed by atoms with E-state index >= 15 is 0 Å². The Hall–Kier alpha value is -2.28. The van der Waals surface area contributed by atoms with Crippen LogP contribution in [-0.2, 0) is 19.1 Å². The molecule has 0 radical (unpaired) electrons. The average molecular weight is 334 g/mol. The number of fused-ring (bicyclic) bond motifs is 1. The highest BCUT2D eigenvalue weighted by molar-refractivity contribution is 6.09. The summed E-state index contributed by atoms with van der Waals surface area (Å²) in [7, 11) is 1.41. The molecule has 6 nitrogen and oxygen atoms in total. The largest absolute Gasteiger partial charge is 0.465 e. The van der Waals surface area contributed by atoms with Gasteiger partial charge in [0.15, 0.2) is 0 Å². The van der Waals surface area contributed by atoms with Crippen LogP contribution in [0.25, 0.3) is 0 Å². The van der Waals surface area contributed by atoms with E-state index in [0.29, 0.717) is 5.56 Å². The highest BCUT2D eigenvalue weighted by Gasteiger charge is 2.66. The molecule has 2 aliphatic heterocycles. The molecule has 1 aromatic rings. The van der Waals surface area contributed by atoms with Crippen LogP contribution in [0.2, 0.25) is 0 Å². The zero-order valence-corrected chi connectivity index (χ0v) is 13.7. The van der Waals surface area contributed by atoms with E-state index in [1.54, 1.807) is 26.0 Å². The van der Waals surface area contributed by atoms with E-state index in [2.05, 4.69) is 5.32 Å². The average Bonchev–Trinajstić information content (AvgIpc) is 2.99. The highest BCUT2D eigenvalue weighted by atomic mass is 19.1. The number of carbonyl (C=O) groups excluding carboxylic acids is 3. The molecule has 2 aliphatic rings. The Morgan fingerprint density at radius 1 is 1.29 bits per heavy atom. The van der Waals surface area contributed by atoms with Gasteiger partial charge in [-0.05, 0) is 31.5 Å². The number of esters is 1. The molecule has 7 heteroatoms. The maximum Gasteiger partial charge on any atom is 0.326 e. The summed E-state index contributed by atoms with van der Waals surface area (Å²) in [5, 5.41) is 3.11. The number of likely N-dealkylation sites (tertiary alicyclic amines) is 1. The standard InChI is InChI=1S/C17H19FN2O4/c1-4-24-16(23)17(2)12-11(14(21)20(3)15(12)22)13(19-17)9-5-7-10(18)8-6-9/h5-8,11-13,19H,4H2,1-3H3/t11-,12-,13-,17+/m0/s1. The molecule has 2 saturated heterocycles. The summed E-state index contributed by atoms with van der Waals surface area (Å²) in [5.41, 5.74) is -0.659. The number of ether oxygens (including phenoxy) is 1. The van der Waals surface area contributed by atoms with Gasteiger partial charge in [0.05, 0.1) is 18.4 Å². The van der Waals surface area contributed by atoms with Crippen LogP contribution in [0.5, 0.6) is 0 Å². The molecular formula is C17H19FN2O4. The van der Waals surface area contributed by atoms with Gasteiger partial charge in [-0.3, -0.25) is 24.6 Å². The number of imide groups is 1. The summed E-state index contributed by atoms with van der Waals surface area (Å²) in [6.45, 7) is 3.43. The molecule has 1 aromatic carbocycles. The molecule has 0 aliphatic carbocycles. The summed E-state index contributed by atoms with van der Waals surface area (Å²) in [4.78, 5) is 38.6. The first kappa shape index (κ1) is 16.6. The van der Waals surface area contributed by atoms with E-state index in [9.17, 15) is 18.8 Å². The number of benzene rings is 1. The van der Waals surface area contributed by atoms with E-state index in [1.165, 1.54) is 19.2 Å². The SMILES string of the molecule is CCOC(=O)[C@]1(C)N[C@@H](c2ccc(F)cc2)[C@H]2C(=O)N(C)C(=O)[C@H]21. The number of nitrogens with zero attached hydrogens (tertiary/aromatic N) is 1. The lowest BCUT2D eigenvalue weighted by atomic mass is 9.80. The Kier molecular flexibility index (Phi) is 3.91. The fraction of sp³-hybridized carbons (Fsp3) is 0.471. The van der Waals surface area contributed by atoms with Gasteiger partial charge in [-0.25, -0.2) is 4.39 Å². The van der Waals surface area contributed by atoms with Gasteiger partial charge < -0.3 is 4.74 Å². The monoisotopic (exact) mass is 334 g/mol. The van der Waals surface area contributed by atoms with E-state index in [1.807, 2.05) is 0 Å². The van der Waals surface area contributed by atoms with Gasteiger partial charge in [0.1, 0.15) is 11.4 Å². The lowest BCUT2D eigenvalue weighted by Gasteiger charge is -2.28. The predicted molar refractivity (Wildman–Crippen MR) is 82.1 cm³/mol. The number of hydrogen-bond acceptors (Lipinski definition) is 5. The first-order valence-electron chi connectivity index (χ1n) is 7.83. The minimum Gasteiger partial charge on any atom is -0.465 e. The van der Waals surface area contributed by atoms with Crippen molar-refractivity contribution < 1.29 is 23.5 Å². The van der Waals surface area contributed by atoms with Crippen molar-refractivity contribution in [2.24, 2.45) is 11.8 Å². The quantitative estimate of drug-likeness (QED) is 0.660. The number of amides is 2. The Balaban J connectivity index is 2.06. The zero-order chi connectivity index (χ0) is 17.6. The third-order valence-electron chi connectivity index (χ3n) is 4.94. The Morgan fingerprint density at radius 2 is 1.92 bits per heavy atom. The molecule has 0 spiro atoms. The number of halogens is 1. The summed E-state index contributed by atoms with van der Waals surface area (Å²) in [6, 6.07) is 5.12. The summed E-state index contributed by atoms with van der Waals surface area (Å²) in [5.74, 6) is -3.28. The molecule has 2 heterocycles. The first-order valence-corrected chi connectivity index (χ1v) is 7.83. The molecule has 4 atom stereocenters. The van der Waals surface area contributed by atoms with Gasteiger partial charge in [0.2, 0.25) is 11.8 Å². The van der Waals surface area contributed by atoms with Crippen molar-refractivity contribution in [2.45, 2.75) is 25.4 Å². The van der Waals surface area contributed by atoms with Gasteiger partial charge in [0, 0.05) is 13.1 Å². The van der Waals surface area contributed by atoms with E-state index in [-0.39, 0.29) is 12.5 Å². The number of carbonyl (C=O) groups is 3. The smallest absolute Gasteiger partial charge is 0.326 e. The van der Waals surface area contributed by atoms with Crippen LogP contribution in [0, 0.1) is 17.7 Å². The van der Waals surface area contributed by atoms with E-state index in [0.717, 1.165) is 4.90 Å². The van der Waals surface area contributed by atoms with Crippen molar-refractivity contribution in [1.29, 1.82) is 0 Å². The molecule has 128 valence electrons. The maximum atomic E-state index is 13.2. The first-order chi connectivity index (χ1) is 11.3. The minimum absolute atomic E-state index is 0.173. The number of nitrogens with one attached hydrogen (secondary N) is 1. The van der Waals surface area contributed by atoms with Crippen LogP contribution < -0.4 is 5.32 Å². The molecule has 0 bridgehead atoms. The summed E-state index contributed by atoms with van der Waals surface area (Å²) in [6.07, 6.45) is 0. The molecule has 24 heavy (non-hydrogen) atoms. The van der Waals surface area contributed by atoms with Crippen molar-refractivity contribution in [2.75, 3.05) is 13.7 Å². The summed E-state index contributed by atoms with van der Waals surface area (Å²) >= 11 is 0. The minimum atomic E-state index is -1.31. The molecule has 0 unspecified atom stereocenters. The second kappa shape index (κ2) is 5.66. The Bertz CT molecular complexity index is 705. The summed E-state index contributed by atoms with van der Waals surface area (Å²) < 4.78 is 18.3. The third kappa shape index (κ3) is 2.23. The lowest BCUT2D eigenvalue weighted by molar-refractivity contribution is -0.155. The van der Waals surface area contributed by atoms with E-state index < -0.39 is 41.1 Å². The van der Waals surface area contributed by atoms with Crippen molar-refractivity contribution in [3.8, 4) is 0 Å². The number of hydrogen-bond donors (Lipinski definition) is 1. The highest BCUT2D eigenvalue weighted by Crippen LogP contribution is 2.48. The number of rotatable bonds is 3. The van der Waals surface area contributed by atoms with Crippen LogP contribution in [0.1, 0.15) is 25.5 Å². The Labute approximate surface area is 139 Å². The van der Waals surface area contributed by atoms with Crippen molar-refractivity contribution in [3.05, 3.63) is 35.6 Å². The molecule has 0 aromatic heterocycles.